The van der Waals surface area contributed by atoms with Gasteiger partial charge in [-0.15, -0.1) is 0 Å². The second-order valence-electron chi connectivity index (χ2n) is 13.7. The molecule has 2 aliphatic rings. The minimum absolute atomic E-state index is 0.0131. The molecule has 1 atom stereocenters. The fraction of sp³-hybridized carbons (Fsp3) is 0.450. The van der Waals surface area contributed by atoms with E-state index in [0.29, 0.717) is 12.8 Å². The Morgan fingerprint density at radius 2 is 1.63 bits per heavy atom. The number of H-pyrrole nitrogens is 1. The maximum Gasteiger partial charge on any atom is 0.303 e. The molecule has 264 valence electrons. The number of aromatic nitrogens is 1. The Labute approximate surface area is 291 Å². The average molecular weight is 670 g/mol. The first kappa shape index (κ1) is 38.9. The Kier molecular flexibility index (Phi) is 14.1. The van der Waals surface area contributed by atoms with Gasteiger partial charge in [-0.1, -0.05) is 32.9 Å². The van der Waals surface area contributed by atoms with Gasteiger partial charge < -0.3 is 15.4 Å². The number of hydrogen-bond acceptors (Lipinski definition) is 5. The van der Waals surface area contributed by atoms with E-state index in [-0.39, 0.29) is 49.5 Å². The lowest BCUT2D eigenvalue weighted by Crippen LogP contribution is -2.34. The van der Waals surface area contributed by atoms with Crippen LogP contribution in [0.15, 0.2) is 79.6 Å². The minimum Gasteiger partial charge on any atom is -0.481 e. The lowest BCUT2D eigenvalue weighted by Gasteiger charge is -2.18. The number of carbonyl (C=O) groups excluding carboxylic acids is 2. The van der Waals surface area contributed by atoms with Crippen molar-refractivity contribution in [3.05, 3.63) is 90.8 Å². The van der Waals surface area contributed by atoms with E-state index >= 15 is 0 Å². The highest BCUT2D eigenvalue weighted by Crippen LogP contribution is 2.33. The number of nitrogens with two attached hydrogens (primary N) is 1. The summed E-state index contributed by atoms with van der Waals surface area (Å²) in [5.74, 6) is 4.36. The third-order valence-corrected chi connectivity index (χ3v) is 9.21. The molecule has 1 aromatic rings. The van der Waals surface area contributed by atoms with Crippen molar-refractivity contribution in [3.63, 3.8) is 0 Å². The molecule has 2 aliphatic heterocycles. The van der Waals surface area contributed by atoms with Gasteiger partial charge in [-0.2, -0.15) is 0 Å². The van der Waals surface area contributed by atoms with Gasteiger partial charge in [0.05, 0.1) is 0 Å². The van der Waals surface area contributed by atoms with E-state index in [1.54, 1.807) is 0 Å². The van der Waals surface area contributed by atoms with Crippen LogP contribution >= 0.6 is 0 Å². The molecule has 0 aromatic carbocycles. The van der Waals surface area contributed by atoms with E-state index in [1.165, 1.54) is 0 Å². The van der Waals surface area contributed by atoms with Crippen LogP contribution in [0.2, 0.25) is 0 Å². The first-order valence-corrected chi connectivity index (χ1v) is 17.2. The van der Waals surface area contributed by atoms with E-state index in [0.717, 1.165) is 78.7 Å². The van der Waals surface area contributed by atoms with E-state index in [9.17, 15) is 19.5 Å². The number of rotatable bonds is 10. The number of aliphatic carboxylic acids is 1. The maximum absolute atomic E-state index is 12.9. The van der Waals surface area contributed by atoms with Crippen LogP contribution in [0.1, 0.15) is 99.5 Å². The van der Waals surface area contributed by atoms with Crippen LogP contribution in [0.3, 0.4) is 0 Å². The number of aliphatic imine (C=N–C) groups is 1. The molecule has 0 aliphatic carbocycles. The van der Waals surface area contributed by atoms with Gasteiger partial charge in [0.2, 0.25) is 11.8 Å². The van der Waals surface area contributed by atoms with Crippen molar-refractivity contribution in [3.8, 4) is 0 Å². The third kappa shape index (κ3) is 11.3. The highest BCUT2D eigenvalue weighted by Gasteiger charge is 2.20. The monoisotopic (exact) mass is 669 g/mol. The Morgan fingerprint density at radius 1 is 0.939 bits per heavy atom. The van der Waals surface area contributed by atoms with Gasteiger partial charge in [0.15, 0.2) is 0 Å². The van der Waals surface area contributed by atoms with Crippen molar-refractivity contribution in [1.29, 1.82) is 0 Å². The standard InChI is InChI=1S/C40H55N5O4/c1-23(2)16-31-21-32-18-28(7)37(43-32)22-33-19-27(6)36(44-33)20-24(3)29(8)34(10-12-38(46)42-15-14-39(47)45-41)25(4)17-26(5)35(30(31)9)11-13-40(48)49/h16-17,19-23,28,44H,10-15,18,41H2,1-9H3,(H,42,46)(H,45,47)(H,48,49)/b26-17+,29-24+,31-16+,32-21-,33-22?,34-25+,35-30-,36-20-. The van der Waals surface area contributed by atoms with Crippen molar-refractivity contribution < 1.29 is 19.5 Å². The molecule has 0 fully saturated rings. The zero-order valence-corrected chi connectivity index (χ0v) is 30.8. The molecule has 0 saturated heterocycles. The van der Waals surface area contributed by atoms with Gasteiger partial charge in [0, 0.05) is 53.8 Å². The molecular weight excluding hydrogens is 614 g/mol. The molecule has 4 bridgehead atoms. The molecule has 3 heterocycles. The number of fused-ring (bicyclic) bond motifs is 3. The number of aryl methyl sites for hydroxylation is 1. The molecule has 0 spiro atoms. The number of aromatic amines is 1. The van der Waals surface area contributed by atoms with Gasteiger partial charge in [-0.05, 0) is 141 Å². The summed E-state index contributed by atoms with van der Waals surface area (Å²) in [6, 6.07) is 2.15. The largest absolute Gasteiger partial charge is 0.481 e. The smallest absolute Gasteiger partial charge is 0.303 e. The molecule has 0 saturated carbocycles. The van der Waals surface area contributed by atoms with Crippen molar-refractivity contribution in [1.82, 2.24) is 15.7 Å². The van der Waals surface area contributed by atoms with E-state index in [1.807, 2.05) is 6.92 Å². The van der Waals surface area contributed by atoms with Crippen LogP contribution in [-0.4, -0.2) is 40.1 Å². The number of nitrogens with one attached hydrogen (secondary N) is 3. The summed E-state index contributed by atoms with van der Waals surface area (Å²) in [6.45, 7) is 19.1. The molecule has 9 nitrogen and oxygen atoms in total. The molecule has 1 unspecified atom stereocenters. The van der Waals surface area contributed by atoms with Crippen molar-refractivity contribution in [2.24, 2.45) is 22.7 Å². The molecule has 2 amide bonds. The zero-order chi connectivity index (χ0) is 36.4. The molecule has 6 N–H and O–H groups in total. The molecule has 9 heteroatoms. The lowest BCUT2D eigenvalue weighted by atomic mass is 9.88. The predicted molar refractivity (Wildman–Crippen MR) is 200 cm³/mol. The second-order valence-corrected chi connectivity index (χ2v) is 13.7. The fourth-order valence-electron chi connectivity index (χ4n) is 6.36. The van der Waals surface area contributed by atoms with Crippen LogP contribution in [0.25, 0.3) is 12.2 Å². The molecule has 1 aromatic heterocycles. The van der Waals surface area contributed by atoms with Gasteiger partial charge in [-0.25, -0.2) is 5.84 Å². The Morgan fingerprint density at radius 3 is 2.29 bits per heavy atom. The topological polar surface area (TPSA) is 150 Å². The Balaban J connectivity index is 2.30. The highest BCUT2D eigenvalue weighted by atomic mass is 16.4. The first-order valence-electron chi connectivity index (χ1n) is 17.2. The average Bonchev–Trinajstić information content (AvgIpc) is 3.54. The van der Waals surface area contributed by atoms with Crippen LogP contribution in [0, 0.1) is 18.8 Å². The van der Waals surface area contributed by atoms with Gasteiger partial charge >= 0.3 is 5.97 Å². The second kappa shape index (κ2) is 17.8. The number of carbonyl (C=O) groups is 3. The Hall–Kier alpha value is -4.50. The normalized spacial score (nSPS) is 25.6. The van der Waals surface area contributed by atoms with E-state index in [4.69, 9.17) is 10.8 Å². The summed E-state index contributed by atoms with van der Waals surface area (Å²) in [6.07, 6.45) is 12.9. The number of hydrogen-bond donors (Lipinski definition) is 5. The molecule has 0 radical (unpaired) electrons. The summed E-state index contributed by atoms with van der Waals surface area (Å²) in [5, 5.41) is 14.5. The predicted octanol–water partition coefficient (Wildman–Crippen LogP) is 5.90. The van der Waals surface area contributed by atoms with Gasteiger partial charge in [0.25, 0.3) is 0 Å². The minimum atomic E-state index is -0.843. The summed E-state index contributed by atoms with van der Waals surface area (Å²) in [4.78, 5) is 44.8. The van der Waals surface area contributed by atoms with Crippen molar-refractivity contribution in [2.45, 2.75) is 101 Å². The van der Waals surface area contributed by atoms with Crippen LogP contribution in [0.5, 0.6) is 0 Å². The summed E-state index contributed by atoms with van der Waals surface area (Å²) in [7, 11) is 0. The molecule has 49 heavy (non-hydrogen) atoms. The third-order valence-electron chi connectivity index (χ3n) is 9.21. The number of hydrazine groups is 1. The van der Waals surface area contributed by atoms with Crippen molar-refractivity contribution in [2.75, 3.05) is 6.54 Å². The van der Waals surface area contributed by atoms with E-state index in [2.05, 4.69) is 108 Å². The Bertz CT molecular complexity index is 1810. The first-order chi connectivity index (χ1) is 23.1. The lowest BCUT2D eigenvalue weighted by molar-refractivity contribution is -0.137. The summed E-state index contributed by atoms with van der Waals surface area (Å²) < 4.78 is 0. The van der Waals surface area contributed by atoms with Crippen molar-refractivity contribution >= 4 is 35.6 Å². The van der Waals surface area contributed by atoms with Crippen LogP contribution in [-0.2, 0) is 14.4 Å². The maximum atomic E-state index is 12.9. The fourth-order valence-corrected chi connectivity index (χ4v) is 6.36. The quantitative estimate of drug-likeness (QED) is 0.119. The molecular formula is C40H55N5O4. The number of carboxylic acids is 1. The van der Waals surface area contributed by atoms with Gasteiger partial charge in [0.1, 0.15) is 0 Å². The zero-order valence-electron chi connectivity index (χ0n) is 30.8. The highest BCUT2D eigenvalue weighted by molar-refractivity contribution is 6.13. The van der Waals surface area contributed by atoms with Crippen LogP contribution < -0.4 is 27.3 Å². The number of nitrogens with zero attached hydrogens (tertiary/aromatic N) is 1. The number of allylic oxidation sites excluding steroid dienone is 12. The van der Waals surface area contributed by atoms with E-state index < -0.39 is 5.97 Å². The summed E-state index contributed by atoms with van der Waals surface area (Å²) >= 11 is 0. The number of amides is 2. The summed E-state index contributed by atoms with van der Waals surface area (Å²) in [5.41, 5.74) is 13.5. The SMILES string of the molecule is C/C1=C(CCC(=O)O)/C(C)=C/C(C)=C(CCC(=O)NCCC(=O)NN)/C(C)=C(C)/C=c2\[nH]c(cc2C)=CC2=N/C(=C\C1=C/C(C)C)CC2C. The van der Waals surface area contributed by atoms with Gasteiger partial charge in [-0.3, -0.25) is 24.8 Å². The van der Waals surface area contributed by atoms with Crippen LogP contribution in [0.4, 0.5) is 0 Å². The number of carboxylic acid groups (broad SMARTS) is 1. The molecule has 3 rings (SSSR count).